The van der Waals surface area contributed by atoms with Crippen LogP contribution in [0.25, 0.3) is 11.1 Å². The summed E-state index contributed by atoms with van der Waals surface area (Å²) in [4.78, 5) is 14.2. The van der Waals surface area contributed by atoms with Crippen molar-refractivity contribution in [3.05, 3.63) is 59.7 Å². The second-order valence-electron chi connectivity index (χ2n) is 7.40. The summed E-state index contributed by atoms with van der Waals surface area (Å²) in [6, 6.07) is 10.6. The first-order valence-electron chi connectivity index (χ1n) is 9.94. The molecule has 3 rings (SSSR count). The molecule has 0 spiro atoms. The van der Waals surface area contributed by atoms with Crippen LogP contribution in [-0.4, -0.2) is 40.7 Å². The number of halogens is 2. The summed E-state index contributed by atoms with van der Waals surface area (Å²) in [6.45, 7) is 3.14. The summed E-state index contributed by atoms with van der Waals surface area (Å²) in [6.07, 6.45) is 3.37. The van der Waals surface area contributed by atoms with Gasteiger partial charge in [0, 0.05) is 37.4 Å². The smallest absolute Gasteiger partial charge is 0.410 e. The molecule has 0 bridgehead atoms. The third-order valence-electron chi connectivity index (χ3n) is 5.30. The van der Waals surface area contributed by atoms with Gasteiger partial charge in [0.1, 0.15) is 17.7 Å². The molecule has 2 aromatic rings. The Morgan fingerprint density at radius 3 is 2.60 bits per heavy atom. The van der Waals surface area contributed by atoms with E-state index < -0.39 is 22.6 Å². The SMILES string of the molecule is CC(c1ccc(-c2ccc(F)cc2F)cc1)N1CC[C@@H](CCCNS(C)=O)OC1=O. The van der Waals surface area contributed by atoms with Gasteiger partial charge in [-0.05, 0) is 43.0 Å². The number of nitrogens with one attached hydrogen (secondary N) is 1. The van der Waals surface area contributed by atoms with Crippen molar-refractivity contribution in [2.75, 3.05) is 19.3 Å². The summed E-state index contributed by atoms with van der Waals surface area (Å²) in [5.74, 6) is -1.22. The lowest BCUT2D eigenvalue weighted by atomic mass is 9.99. The molecule has 0 saturated carbocycles. The van der Waals surface area contributed by atoms with Gasteiger partial charge < -0.3 is 9.64 Å². The van der Waals surface area contributed by atoms with Crippen LogP contribution < -0.4 is 4.72 Å². The Labute approximate surface area is 178 Å². The van der Waals surface area contributed by atoms with Gasteiger partial charge in [-0.1, -0.05) is 24.3 Å². The number of hydrogen-bond acceptors (Lipinski definition) is 3. The van der Waals surface area contributed by atoms with Crippen LogP contribution in [0.15, 0.2) is 42.5 Å². The average Bonchev–Trinajstić information content (AvgIpc) is 2.71. The molecule has 1 aliphatic rings. The van der Waals surface area contributed by atoms with Gasteiger partial charge in [-0.25, -0.2) is 22.5 Å². The van der Waals surface area contributed by atoms with Crippen molar-refractivity contribution >= 4 is 17.1 Å². The zero-order valence-electron chi connectivity index (χ0n) is 17.1. The second-order valence-corrected chi connectivity index (χ2v) is 8.60. The van der Waals surface area contributed by atoms with Gasteiger partial charge in [-0.15, -0.1) is 0 Å². The summed E-state index contributed by atoms with van der Waals surface area (Å²) >= 11 is 0. The first-order valence-corrected chi connectivity index (χ1v) is 11.5. The number of hydrogen-bond donors (Lipinski definition) is 1. The van der Waals surface area contributed by atoms with Crippen molar-refractivity contribution in [1.82, 2.24) is 9.62 Å². The fourth-order valence-electron chi connectivity index (χ4n) is 3.59. The number of rotatable bonds is 8. The highest BCUT2D eigenvalue weighted by Gasteiger charge is 2.30. The normalized spacial score (nSPS) is 18.7. The van der Waals surface area contributed by atoms with E-state index >= 15 is 0 Å². The maximum absolute atomic E-state index is 14.0. The number of carbonyl (C=O) groups is 1. The topological polar surface area (TPSA) is 58.6 Å². The summed E-state index contributed by atoms with van der Waals surface area (Å²) in [5, 5.41) is 0. The van der Waals surface area contributed by atoms with Crippen molar-refractivity contribution in [3.63, 3.8) is 0 Å². The average molecular weight is 437 g/mol. The molecule has 5 nitrogen and oxygen atoms in total. The maximum atomic E-state index is 14.0. The van der Waals surface area contributed by atoms with Gasteiger partial charge in [0.15, 0.2) is 0 Å². The molecule has 0 aromatic heterocycles. The highest BCUT2D eigenvalue weighted by molar-refractivity contribution is 7.82. The summed E-state index contributed by atoms with van der Waals surface area (Å²) in [5.41, 5.74) is 1.88. The second kappa shape index (κ2) is 10.1. The van der Waals surface area contributed by atoms with E-state index in [4.69, 9.17) is 4.74 Å². The fraction of sp³-hybridized carbons (Fsp3) is 0.409. The Morgan fingerprint density at radius 2 is 1.97 bits per heavy atom. The Hall–Kier alpha value is -2.32. The van der Waals surface area contributed by atoms with Crippen molar-refractivity contribution in [1.29, 1.82) is 0 Å². The molecular weight excluding hydrogens is 410 g/mol. The monoisotopic (exact) mass is 436 g/mol. The molecule has 1 fully saturated rings. The van der Waals surface area contributed by atoms with Crippen LogP contribution in [-0.2, 0) is 15.7 Å². The summed E-state index contributed by atoms with van der Waals surface area (Å²) < 4.78 is 46.5. The van der Waals surface area contributed by atoms with Crippen LogP contribution in [0.2, 0.25) is 0 Å². The number of ether oxygens (including phenoxy) is 1. The maximum Gasteiger partial charge on any atom is 0.410 e. The molecule has 2 aromatic carbocycles. The van der Waals surface area contributed by atoms with Crippen LogP contribution >= 0.6 is 0 Å². The van der Waals surface area contributed by atoms with Gasteiger partial charge >= 0.3 is 6.09 Å². The predicted molar refractivity (Wildman–Crippen MR) is 113 cm³/mol. The molecule has 1 N–H and O–H groups in total. The third-order valence-corrected chi connectivity index (χ3v) is 5.92. The number of benzene rings is 2. The van der Waals surface area contributed by atoms with Crippen LogP contribution in [0.3, 0.4) is 0 Å². The molecule has 1 saturated heterocycles. The van der Waals surface area contributed by atoms with Crippen molar-refractivity contribution in [3.8, 4) is 11.1 Å². The van der Waals surface area contributed by atoms with Gasteiger partial charge in [-0.2, -0.15) is 0 Å². The zero-order chi connectivity index (χ0) is 21.7. The number of carbonyl (C=O) groups excluding carboxylic acids is 1. The Balaban J connectivity index is 1.58. The minimum absolute atomic E-state index is 0.128. The van der Waals surface area contributed by atoms with Crippen LogP contribution in [0.4, 0.5) is 13.6 Å². The minimum atomic E-state index is -1.03. The molecule has 30 heavy (non-hydrogen) atoms. The van der Waals surface area contributed by atoms with E-state index in [-0.39, 0.29) is 18.2 Å². The molecule has 1 amide bonds. The van der Waals surface area contributed by atoms with Gasteiger partial charge in [0.25, 0.3) is 0 Å². The lowest BCUT2D eigenvalue weighted by Crippen LogP contribution is -2.43. The highest BCUT2D eigenvalue weighted by Crippen LogP contribution is 2.29. The largest absolute Gasteiger partial charge is 0.446 e. The van der Waals surface area contributed by atoms with E-state index in [1.165, 1.54) is 12.1 Å². The van der Waals surface area contributed by atoms with E-state index in [1.807, 2.05) is 19.1 Å². The molecule has 1 heterocycles. The highest BCUT2D eigenvalue weighted by atomic mass is 32.2. The van der Waals surface area contributed by atoms with E-state index in [2.05, 4.69) is 4.72 Å². The Kier molecular flexibility index (Phi) is 7.55. The standard InChI is InChI=1S/C22H26F2N2O3S/c1-15(26-13-11-19(29-22(26)27)4-3-12-25-30(2)28)16-5-7-17(8-6-16)20-10-9-18(23)14-21(20)24/h5-10,14-15,19,25H,3-4,11-13H2,1-2H3/t15?,19-,30?/m1/s1. The van der Waals surface area contributed by atoms with Crippen molar-refractivity contribution < 1.29 is 22.5 Å². The molecule has 0 aliphatic carbocycles. The predicted octanol–water partition coefficient (Wildman–Crippen LogP) is 4.57. The van der Waals surface area contributed by atoms with E-state index in [0.29, 0.717) is 24.2 Å². The molecule has 3 atom stereocenters. The van der Waals surface area contributed by atoms with Gasteiger partial charge in [-0.3, -0.25) is 0 Å². The van der Waals surface area contributed by atoms with Crippen LogP contribution in [0, 0.1) is 11.6 Å². The van der Waals surface area contributed by atoms with Crippen molar-refractivity contribution in [2.45, 2.75) is 38.3 Å². The molecular formula is C22H26F2N2O3S. The van der Waals surface area contributed by atoms with E-state index in [0.717, 1.165) is 30.9 Å². The number of amides is 1. The Bertz CT molecular complexity index is 908. The third kappa shape index (κ3) is 5.64. The lowest BCUT2D eigenvalue weighted by molar-refractivity contribution is 0.00942. The molecule has 8 heteroatoms. The molecule has 2 unspecified atom stereocenters. The fourth-order valence-corrected chi connectivity index (χ4v) is 4.02. The number of cyclic esters (lactones) is 1. The van der Waals surface area contributed by atoms with E-state index in [1.54, 1.807) is 23.3 Å². The Morgan fingerprint density at radius 1 is 1.23 bits per heavy atom. The molecule has 0 radical (unpaired) electrons. The minimum Gasteiger partial charge on any atom is -0.446 e. The van der Waals surface area contributed by atoms with Crippen molar-refractivity contribution in [2.24, 2.45) is 0 Å². The quantitative estimate of drug-likeness (QED) is 0.617. The number of nitrogens with zero attached hydrogens (tertiary/aromatic N) is 1. The van der Waals surface area contributed by atoms with Crippen LogP contribution in [0.1, 0.15) is 37.8 Å². The van der Waals surface area contributed by atoms with Crippen LogP contribution in [0.5, 0.6) is 0 Å². The van der Waals surface area contributed by atoms with Gasteiger partial charge in [0.2, 0.25) is 0 Å². The first-order chi connectivity index (χ1) is 14.3. The van der Waals surface area contributed by atoms with Gasteiger partial charge in [0.05, 0.1) is 17.0 Å². The molecule has 162 valence electrons. The summed E-state index contributed by atoms with van der Waals surface area (Å²) in [7, 11) is -1.03. The first kappa shape index (κ1) is 22.4. The molecule has 1 aliphatic heterocycles. The zero-order valence-corrected chi connectivity index (χ0v) is 17.9. The lowest BCUT2D eigenvalue weighted by Gasteiger charge is -2.36. The van der Waals surface area contributed by atoms with E-state index in [9.17, 15) is 17.8 Å².